The molecule has 6 heteroatoms. The molecule has 2 aromatic heterocycles. The lowest BCUT2D eigenvalue weighted by atomic mass is 10.1. The van der Waals surface area contributed by atoms with Gasteiger partial charge in [0.25, 0.3) is 0 Å². The topological polar surface area (TPSA) is 74.4 Å². The van der Waals surface area contributed by atoms with Gasteiger partial charge in [-0.05, 0) is 19.9 Å². The molecule has 0 bridgehead atoms. The van der Waals surface area contributed by atoms with Crippen LogP contribution in [0.3, 0.4) is 0 Å². The third-order valence-electron chi connectivity index (χ3n) is 3.19. The second-order valence-corrected chi connectivity index (χ2v) is 5.92. The van der Waals surface area contributed by atoms with Crippen molar-refractivity contribution < 1.29 is 4.79 Å². The number of carbonyl (C=O) groups excluding carboxylic acids is 1. The Balaban J connectivity index is 1.94. The van der Waals surface area contributed by atoms with Gasteiger partial charge in [0, 0.05) is 22.2 Å². The van der Waals surface area contributed by atoms with Crippen molar-refractivity contribution in [3.05, 3.63) is 41.9 Å². The van der Waals surface area contributed by atoms with Gasteiger partial charge in [0.2, 0.25) is 0 Å². The highest BCUT2D eigenvalue weighted by atomic mass is 32.2. The molecule has 3 rings (SSSR count). The van der Waals surface area contributed by atoms with E-state index < -0.39 is 0 Å². The molecule has 0 aliphatic rings. The maximum absolute atomic E-state index is 12.7. The number of rotatable bonds is 4. The van der Waals surface area contributed by atoms with Gasteiger partial charge in [-0.2, -0.15) is 5.10 Å². The average Bonchev–Trinajstić information content (AvgIpc) is 3.04. The molecular formula is C14H14N4OS. The van der Waals surface area contributed by atoms with Crippen molar-refractivity contribution in [3.8, 4) is 0 Å². The second-order valence-electron chi connectivity index (χ2n) is 4.59. The molecule has 20 heavy (non-hydrogen) atoms. The van der Waals surface area contributed by atoms with Gasteiger partial charge in [-0.15, -0.1) is 0 Å². The Morgan fingerprint density at radius 1 is 1.35 bits per heavy atom. The Hall–Kier alpha value is -2.08. The first-order chi connectivity index (χ1) is 9.66. The smallest absolute Gasteiger partial charge is 0.184 e. The Bertz CT molecular complexity index is 748. The van der Waals surface area contributed by atoms with Gasteiger partial charge in [0.05, 0.1) is 5.25 Å². The fourth-order valence-corrected chi connectivity index (χ4v) is 3.04. The van der Waals surface area contributed by atoms with Gasteiger partial charge < -0.3 is 4.98 Å². The average molecular weight is 286 g/mol. The number of H-pyrrole nitrogens is 2. The van der Waals surface area contributed by atoms with Crippen LogP contribution in [0.4, 0.5) is 0 Å². The lowest BCUT2D eigenvalue weighted by Gasteiger charge is -2.08. The normalized spacial score (nSPS) is 12.7. The van der Waals surface area contributed by atoms with Crippen LogP contribution >= 0.6 is 11.8 Å². The molecule has 1 atom stereocenters. The summed E-state index contributed by atoms with van der Waals surface area (Å²) >= 11 is 1.38. The standard InChI is InChI=1S/C14H14N4OS/c1-8-12(10-5-3-4-6-11(10)17-8)13(19)9(2)20-14-15-7-16-18-14/h3-7,9,17H,1-2H3,(H,15,16,18)/t9-/m1/s1. The fourth-order valence-electron chi connectivity index (χ4n) is 2.27. The predicted molar refractivity (Wildman–Crippen MR) is 79.1 cm³/mol. The first-order valence-electron chi connectivity index (χ1n) is 6.30. The van der Waals surface area contributed by atoms with Crippen molar-refractivity contribution in [2.75, 3.05) is 0 Å². The monoisotopic (exact) mass is 286 g/mol. The van der Waals surface area contributed by atoms with E-state index in [2.05, 4.69) is 20.2 Å². The Kier molecular flexibility index (Phi) is 3.31. The van der Waals surface area contributed by atoms with Crippen LogP contribution < -0.4 is 0 Å². The van der Waals surface area contributed by atoms with E-state index in [1.165, 1.54) is 18.1 Å². The first kappa shape index (κ1) is 12.9. The summed E-state index contributed by atoms with van der Waals surface area (Å²) in [4.78, 5) is 20.0. The van der Waals surface area contributed by atoms with E-state index >= 15 is 0 Å². The summed E-state index contributed by atoms with van der Waals surface area (Å²) in [6.07, 6.45) is 1.44. The molecule has 102 valence electrons. The van der Waals surface area contributed by atoms with Crippen LogP contribution in [0.2, 0.25) is 0 Å². The molecule has 0 fully saturated rings. The van der Waals surface area contributed by atoms with Gasteiger partial charge in [-0.25, -0.2) is 4.98 Å². The maximum Gasteiger partial charge on any atom is 0.184 e. The minimum atomic E-state index is -0.221. The van der Waals surface area contributed by atoms with Crippen molar-refractivity contribution in [2.45, 2.75) is 24.3 Å². The number of thioether (sulfide) groups is 1. The van der Waals surface area contributed by atoms with Crippen LogP contribution in [0.1, 0.15) is 23.0 Å². The number of hydrogen-bond donors (Lipinski definition) is 2. The SMILES string of the molecule is Cc1[nH]c2ccccc2c1C(=O)[C@@H](C)Sc1ncn[nH]1. The van der Waals surface area contributed by atoms with Crippen LogP contribution in [-0.2, 0) is 0 Å². The number of nitrogens with zero attached hydrogens (tertiary/aromatic N) is 2. The minimum Gasteiger partial charge on any atom is -0.358 e. The van der Waals surface area contributed by atoms with Crippen molar-refractivity contribution >= 4 is 28.4 Å². The molecule has 2 heterocycles. The number of aromatic amines is 2. The molecule has 0 spiro atoms. The van der Waals surface area contributed by atoms with Gasteiger partial charge in [-0.1, -0.05) is 30.0 Å². The quantitative estimate of drug-likeness (QED) is 0.571. The summed E-state index contributed by atoms with van der Waals surface area (Å²) in [6.45, 7) is 3.82. The number of para-hydroxylation sites is 1. The molecule has 0 aliphatic carbocycles. The largest absolute Gasteiger partial charge is 0.358 e. The van der Waals surface area contributed by atoms with Gasteiger partial charge in [-0.3, -0.25) is 9.89 Å². The zero-order chi connectivity index (χ0) is 14.1. The molecular weight excluding hydrogens is 272 g/mol. The van der Waals surface area contributed by atoms with E-state index in [0.717, 1.165) is 22.2 Å². The number of ketones is 1. The van der Waals surface area contributed by atoms with Crippen LogP contribution in [0.5, 0.6) is 0 Å². The summed E-state index contributed by atoms with van der Waals surface area (Å²) in [5.41, 5.74) is 2.66. The maximum atomic E-state index is 12.7. The highest BCUT2D eigenvalue weighted by Crippen LogP contribution is 2.28. The lowest BCUT2D eigenvalue weighted by Crippen LogP contribution is -2.14. The van der Waals surface area contributed by atoms with Crippen LogP contribution in [0.15, 0.2) is 35.7 Å². The van der Waals surface area contributed by atoms with Crippen molar-refractivity contribution in [3.63, 3.8) is 0 Å². The third kappa shape index (κ3) is 2.22. The number of carbonyl (C=O) groups is 1. The molecule has 0 aliphatic heterocycles. The number of hydrogen-bond acceptors (Lipinski definition) is 4. The Labute approximate surface area is 120 Å². The molecule has 0 radical (unpaired) electrons. The highest BCUT2D eigenvalue weighted by molar-refractivity contribution is 8.00. The molecule has 0 amide bonds. The molecule has 0 saturated heterocycles. The number of fused-ring (bicyclic) bond motifs is 1. The van der Waals surface area contributed by atoms with Crippen LogP contribution in [-0.4, -0.2) is 31.2 Å². The summed E-state index contributed by atoms with van der Waals surface area (Å²) in [5, 5.41) is 7.96. The summed E-state index contributed by atoms with van der Waals surface area (Å²) in [6, 6.07) is 7.85. The summed E-state index contributed by atoms with van der Waals surface area (Å²) < 4.78 is 0. The van der Waals surface area contributed by atoms with E-state index in [9.17, 15) is 4.79 Å². The zero-order valence-corrected chi connectivity index (χ0v) is 12.0. The number of aromatic nitrogens is 4. The van der Waals surface area contributed by atoms with Gasteiger partial charge in [0.15, 0.2) is 10.9 Å². The van der Waals surface area contributed by atoms with Crippen LogP contribution in [0.25, 0.3) is 10.9 Å². The number of Topliss-reactive ketones (excluding diaryl/α,β-unsaturated/α-hetero) is 1. The molecule has 0 saturated carbocycles. The zero-order valence-electron chi connectivity index (χ0n) is 11.2. The number of benzene rings is 1. The number of aryl methyl sites for hydroxylation is 1. The third-order valence-corrected chi connectivity index (χ3v) is 4.18. The van der Waals surface area contributed by atoms with E-state index in [-0.39, 0.29) is 11.0 Å². The molecule has 1 aromatic carbocycles. The molecule has 2 N–H and O–H groups in total. The first-order valence-corrected chi connectivity index (χ1v) is 7.18. The number of nitrogens with one attached hydrogen (secondary N) is 2. The lowest BCUT2D eigenvalue weighted by molar-refractivity contribution is 0.0995. The van der Waals surface area contributed by atoms with Crippen molar-refractivity contribution in [2.24, 2.45) is 0 Å². The fraction of sp³-hybridized carbons (Fsp3) is 0.214. The van der Waals surface area contributed by atoms with Crippen molar-refractivity contribution in [1.29, 1.82) is 0 Å². The Morgan fingerprint density at radius 3 is 2.90 bits per heavy atom. The van der Waals surface area contributed by atoms with E-state index in [4.69, 9.17) is 0 Å². The van der Waals surface area contributed by atoms with E-state index in [1.807, 2.05) is 38.1 Å². The Morgan fingerprint density at radius 2 is 2.15 bits per heavy atom. The van der Waals surface area contributed by atoms with Crippen LogP contribution in [0, 0.1) is 6.92 Å². The van der Waals surface area contributed by atoms with Crippen molar-refractivity contribution in [1.82, 2.24) is 20.2 Å². The predicted octanol–water partition coefficient (Wildman–Crippen LogP) is 2.96. The molecule has 3 aromatic rings. The minimum absolute atomic E-state index is 0.0985. The van der Waals surface area contributed by atoms with E-state index in [0.29, 0.717) is 5.16 Å². The second kappa shape index (κ2) is 5.13. The van der Waals surface area contributed by atoms with Gasteiger partial charge >= 0.3 is 0 Å². The summed E-state index contributed by atoms with van der Waals surface area (Å²) in [5.74, 6) is 0.0985. The highest BCUT2D eigenvalue weighted by Gasteiger charge is 2.22. The van der Waals surface area contributed by atoms with E-state index in [1.54, 1.807) is 0 Å². The van der Waals surface area contributed by atoms with Gasteiger partial charge in [0.1, 0.15) is 6.33 Å². The summed E-state index contributed by atoms with van der Waals surface area (Å²) in [7, 11) is 0. The molecule has 5 nitrogen and oxygen atoms in total. The molecule has 0 unspecified atom stereocenters.